The first-order chi connectivity index (χ1) is 12.2. The Morgan fingerprint density at radius 2 is 2.12 bits per heavy atom. The molecule has 1 saturated carbocycles. The molecule has 1 aliphatic carbocycles. The average Bonchev–Trinajstić information content (AvgIpc) is 3.34. The summed E-state index contributed by atoms with van der Waals surface area (Å²) in [5, 5.41) is 6.98. The topological polar surface area (TPSA) is 54.9 Å². The van der Waals surface area contributed by atoms with Crippen molar-refractivity contribution in [2.24, 2.45) is 5.92 Å². The highest BCUT2D eigenvalue weighted by atomic mass is 32.2. The summed E-state index contributed by atoms with van der Waals surface area (Å²) in [7, 11) is 0. The minimum Gasteiger partial charge on any atom is -0.353 e. The smallest absolute Gasteiger partial charge is 0.230 e. The number of aromatic nitrogens is 2. The Labute approximate surface area is 155 Å². The highest BCUT2D eigenvalue weighted by Crippen LogP contribution is 2.33. The zero-order valence-corrected chi connectivity index (χ0v) is 15.6. The van der Waals surface area contributed by atoms with Crippen molar-refractivity contribution in [2.75, 3.05) is 5.75 Å². The van der Waals surface area contributed by atoms with Gasteiger partial charge >= 0.3 is 0 Å². The summed E-state index contributed by atoms with van der Waals surface area (Å²) in [4.78, 5) is 22.7. The zero-order valence-electron chi connectivity index (χ0n) is 13.9. The molecule has 1 atom stereocenters. The van der Waals surface area contributed by atoms with E-state index >= 15 is 0 Å². The molecule has 1 aromatic carbocycles. The molecule has 1 N–H and O–H groups in total. The van der Waals surface area contributed by atoms with Gasteiger partial charge in [0.05, 0.1) is 16.1 Å². The number of nitrogens with one attached hydrogen (secondary N) is 1. The van der Waals surface area contributed by atoms with Crippen molar-refractivity contribution in [3.05, 3.63) is 41.8 Å². The molecule has 0 aliphatic heterocycles. The monoisotopic (exact) mass is 369 g/mol. The quantitative estimate of drug-likeness (QED) is 0.518. The number of amides is 1. The van der Waals surface area contributed by atoms with Crippen LogP contribution in [0.15, 0.2) is 46.8 Å². The van der Waals surface area contributed by atoms with Crippen LogP contribution in [0.25, 0.3) is 21.6 Å². The summed E-state index contributed by atoms with van der Waals surface area (Å²) in [6.07, 6.45) is 2.46. The highest BCUT2D eigenvalue weighted by molar-refractivity contribution is 8.00. The van der Waals surface area contributed by atoms with Gasteiger partial charge < -0.3 is 5.32 Å². The van der Waals surface area contributed by atoms with Crippen molar-refractivity contribution >= 4 is 39.9 Å². The number of para-hydroxylation sites is 1. The molecule has 1 aliphatic rings. The van der Waals surface area contributed by atoms with Gasteiger partial charge in [-0.2, -0.15) is 0 Å². The second-order valence-corrected chi connectivity index (χ2v) is 8.24. The van der Waals surface area contributed by atoms with Crippen LogP contribution in [0.3, 0.4) is 0 Å². The van der Waals surface area contributed by atoms with E-state index in [1.807, 2.05) is 41.8 Å². The average molecular weight is 370 g/mol. The molecule has 2 heterocycles. The van der Waals surface area contributed by atoms with E-state index < -0.39 is 0 Å². The molecule has 4 nitrogen and oxygen atoms in total. The molecule has 0 spiro atoms. The second-order valence-electron chi connectivity index (χ2n) is 6.33. The van der Waals surface area contributed by atoms with Crippen molar-refractivity contribution in [3.8, 4) is 10.7 Å². The van der Waals surface area contributed by atoms with Gasteiger partial charge in [-0.3, -0.25) is 4.79 Å². The fourth-order valence-electron chi connectivity index (χ4n) is 2.82. The molecule has 6 heteroatoms. The van der Waals surface area contributed by atoms with E-state index in [1.54, 1.807) is 11.3 Å². The van der Waals surface area contributed by atoms with Crippen LogP contribution >= 0.6 is 23.1 Å². The van der Waals surface area contributed by atoms with Crippen LogP contribution in [-0.2, 0) is 4.79 Å². The summed E-state index contributed by atoms with van der Waals surface area (Å²) in [6, 6.07) is 12.3. The summed E-state index contributed by atoms with van der Waals surface area (Å²) in [5.74, 6) is 1.84. The van der Waals surface area contributed by atoms with Gasteiger partial charge in [-0.1, -0.05) is 36.0 Å². The molecule has 128 valence electrons. The maximum absolute atomic E-state index is 12.2. The Morgan fingerprint density at radius 3 is 2.88 bits per heavy atom. The van der Waals surface area contributed by atoms with Crippen molar-refractivity contribution in [1.29, 1.82) is 0 Å². The molecule has 0 bridgehead atoms. The number of fused-ring (bicyclic) bond motifs is 1. The third kappa shape index (κ3) is 3.85. The minimum absolute atomic E-state index is 0.0739. The maximum atomic E-state index is 12.2. The number of rotatable bonds is 6. The van der Waals surface area contributed by atoms with E-state index in [0.29, 0.717) is 11.7 Å². The lowest BCUT2D eigenvalue weighted by Gasteiger charge is -2.13. The van der Waals surface area contributed by atoms with E-state index in [1.165, 1.54) is 24.6 Å². The number of thioether (sulfide) groups is 1. The van der Waals surface area contributed by atoms with Crippen LogP contribution < -0.4 is 5.32 Å². The van der Waals surface area contributed by atoms with Crippen molar-refractivity contribution in [2.45, 2.75) is 30.8 Å². The lowest BCUT2D eigenvalue weighted by Crippen LogP contribution is -2.35. The standard InChI is InChI=1S/C19H19N3OS2/c1-12(13-8-9-13)20-17(23)11-25-19-14-5-2-3-6-15(14)21-18(22-19)16-7-4-10-24-16/h2-7,10,12-13H,8-9,11H2,1H3,(H,20,23). The van der Waals surface area contributed by atoms with E-state index in [-0.39, 0.29) is 11.9 Å². The molecule has 0 saturated heterocycles. The molecular weight excluding hydrogens is 350 g/mol. The lowest BCUT2D eigenvalue weighted by molar-refractivity contribution is -0.119. The van der Waals surface area contributed by atoms with Gasteiger partial charge in [0.15, 0.2) is 5.82 Å². The second kappa shape index (κ2) is 7.14. The van der Waals surface area contributed by atoms with Gasteiger partial charge in [0.1, 0.15) is 5.03 Å². The van der Waals surface area contributed by atoms with Crippen LogP contribution in [0.1, 0.15) is 19.8 Å². The highest BCUT2D eigenvalue weighted by Gasteiger charge is 2.28. The number of carbonyl (C=O) groups excluding carboxylic acids is 1. The molecule has 1 amide bonds. The Kier molecular flexibility index (Phi) is 4.72. The molecule has 0 radical (unpaired) electrons. The van der Waals surface area contributed by atoms with Gasteiger partial charge in [0.2, 0.25) is 5.91 Å². The van der Waals surface area contributed by atoms with E-state index in [4.69, 9.17) is 4.98 Å². The lowest BCUT2D eigenvalue weighted by atomic mass is 10.2. The molecule has 1 fully saturated rings. The fourth-order valence-corrected chi connectivity index (χ4v) is 4.30. The van der Waals surface area contributed by atoms with E-state index in [0.717, 1.165) is 26.6 Å². The molecule has 1 unspecified atom stereocenters. The van der Waals surface area contributed by atoms with E-state index in [9.17, 15) is 4.79 Å². The Hall–Kier alpha value is -1.92. The van der Waals surface area contributed by atoms with Crippen LogP contribution in [0.2, 0.25) is 0 Å². The number of carbonyl (C=O) groups is 1. The number of nitrogens with zero attached hydrogens (tertiary/aromatic N) is 2. The van der Waals surface area contributed by atoms with E-state index in [2.05, 4.69) is 17.2 Å². The first-order valence-electron chi connectivity index (χ1n) is 8.43. The predicted molar refractivity (Wildman–Crippen MR) is 104 cm³/mol. The van der Waals surface area contributed by atoms with Crippen LogP contribution in [0.4, 0.5) is 0 Å². The number of benzene rings is 1. The van der Waals surface area contributed by atoms with Gasteiger partial charge in [-0.05, 0) is 43.2 Å². The third-order valence-corrected chi connectivity index (χ3v) is 6.22. The zero-order chi connectivity index (χ0) is 17.2. The van der Waals surface area contributed by atoms with Crippen LogP contribution in [-0.4, -0.2) is 27.7 Å². The maximum Gasteiger partial charge on any atom is 0.230 e. The van der Waals surface area contributed by atoms with Gasteiger partial charge in [0.25, 0.3) is 0 Å². The first kappa shape index (κ1) is 16.5. The van der Waals surface area contributed by atoms with Crippen LogP contribution in [0, 0.1) is 5.92 Å². The minimum atomic E-state index is 0.0739. The predicted octanol–water partition coefficient (Wildman–Crippen LogP) is 4.37. The molecular formula is C19H19N3OS2. The van der Waals surface area contributed by atoms with Gasteiger partial charge in [-0.15, -0.1) is 11.3 Å². The summed E-state index contributed by atoms with van der Waals surface area (Å²) < 4.78 is 0. The van der Waals surface area contributed by atoms with Crippen molar-refractivity contribution in [3.63, 3.8) is 0 Å². The van der Waals surface area contributed by atoms with Gasteiger partial charge in [0, 0.05) is 11.4 Å². The SMILES string of the molecule is CC(NC(=O)CSc1nc(-c2cccs2)nc2ccccc12)C1CC1. The first-order valence-corrected chi connectivity index (χ1v) is 10.3. The summed E-state index contributed by atoms with van der Waals surface area (Å²) in [6.45, 7) is 2.09. The molecule has 4 rings (SSSR count). The molecule has 2 aromatic heterocycles. The normalized spacial score (nSPS) is 15.2. The molecule has 3 aromatic rings. The number of hydrogen-bond acceptors (Lipinski definition) is 5. The Morgan fingerprint density at radius 1 is 1.28 bits per heavy atom. The van der Waals surface area contributed by atoms with Crippen molar-refractivity contribution < 1.29 is 4.79 Å². The summed E-state index contributed by atoms with van der Waals surface area (Å²) >= 11 is 3.11. The largest absolute Gasteiger partial charge is 0.353 e. The van der Waals surface area contributed by atoms with Crippen LogP contribution in [0.5, 0.6) is 0 Å². The third-order valence-electron chi connectivity index (χ3n) is 4.37. The Balaban J connectivity index is 1.56. The molecule has 25 heavy (non-hydrogen) atoms. The Bertz CT molecular complexity index is 891. The van der Waals surface area contributed by atoms with Gasteiger partial charge in [-0.25, -0.2) is 9.97 Å². The fraction of sp³-hybridized carbons (Fsp3) is 0.316. The number of hydrogen-bond donors (Lipinski definition) is 1. The number of thiophene rings is 1. The summed E-state index contributed by atoms with van der Waals surface area (Å²) in [5.41, 5.74) is 0.912. The van der Waals surface area contributed by atoms with Crippen molar-refractivity contribution in [1.82, 2.24) is 15.3 Å².